The normalized spacial score (nSPS) is 14.0. The average molecular weight is 484 g/mol. The minimum absolute atomic E-state index is 0.235. The average Bonchev–Trinajstić information content (AvgIpc) is 2.85. The summed E-state index contributed by atoms with van der Waals surface area (Å²) in [5.41, 5.74) is 1.30. The van der Waals surface area contributed by atoms with Crippen LogP contribution in [0.1, 0.15) is 38.5 Å². The second kappa shape index (κ2) is 11.3. The summed E-state index contributed by atoms with van der Waals surface area (Å²) in [6, 6.07) is 10.3. The largest absolute Gasteiger partial charge is 0.493 e. The number of nitrogens with zero attached hydrogens (tertiary/aromatic N) is 1. The summed E-state index contributed by atoms with van der Waals surface area (Å²) in [6.45, 7) is 0.675. The fraction of sp³-hybridized carbons (Fsp3) is 0.385. The van der Waals surface area contributed by atoms with E-state index in [-0.39, 0.29) is 6.03 Å². The van der Waals surface area contributed by atoms with Gasteiger partial charge in [-0.15, -0.1) is 0 Å². The number of benzene rings is 2. The molecular formula is C26H30ClN3O4. The van der Waals surface area contributed by atoms with Crippen LogP contribution in [0.2, 0.25) is 5.02 Å². The number of pyridine rings is 1. The van der Waals surface area contributed by atoms with Crippen LogP contribution in [0.4, 0.5) is 10.5 Å². The lowest BCUT2D eigenvalue weighted by Crippen LogP contribution is -2.30. The molecule has 7 nitrogen and oxygen atoms in total. The number of carbonyl (C=O) groups excluding carboxylic acids is 1. The van der Waals surface area contributed by atoms with Crippen molar-refractivity contribution >= 4 is 34.2 Å². The lowest BCUT2D eigenvalue weighted by Gasteiger charge is -2.21. The van der Waals surface area contributed by atoms with Crippen molar-refractivity contribution in [1.82, 2.24) is 10.3 Å². The minimum atomic E-state index is -0.235. The molecule has 4 rings (SSSR count). The van der Waals surface area contributed by atoms with E-state index < -0.39 is 0 Å². The van der Waals surface area contributed by atoms with Crippen LogP contribution in [-0.2, 0) is 0 Å². The monoisotopic (exact) mass is 483 g/mol. The van der Waals surface area contributed by atoms with Gasteiger partial charge < -0.3 is 24.8 Å². The maximum atomic E-state index is 12.3. The third-order valence-electron chi connectivity index (χ3n) is 6.18. The molecule has 1 saturated carbocycles. The van der Waals surface area contributed by atoms with Gasteiger partial charge in [0.1, 0.15) is 11.5 Å². The zero-order valence-corrected chi connectivity index (χ0v) is 20.3. The molecule has 1 heterocycles. The Morgan fingerprint density at radius 1 is 1.00 bits per heavy atom. The summed E-state index contributed by atoms with van der Waals surface area (Å²) in [6.07, 6.45) is 9.18. The first kappa shape index (κ1) is 24.0. The van der Waals surface area contributed by atoms with Crippen LogP contribution in [0.3, 0.4) is 0 Å². The number of amides is 2. The number of urea groups is 1. The first-order chi connectivity index (χ1) is 16.6. The van der Waals surface area contributed by atoms with E-state index in [1.54, 1.807) is 50.7 Å². The second-order valence-electron chi connectivity index (χ2n) is 8.45. The Bertz CT molecular complexity index is 1150. The molecule has 0 bridgehead atoms. The molecule has 2 N–H and O–H groups in total. The van der Waals surface area contributed by atoms with E-state index in [2.05, 4.69) is 15.6 Å². The van der Waals surface area contributed by atoms with Gasteiger partial charge in [0.05, 0.1) is 24.8 Å². The molecule has 1 aliphatic rings. The van der Waals surface area contributed by atoms with Gasteiger partial charge in [0, 0.05) is 29.9 Å². The number of aromatic nitrogens is 1. The molecule has 0 aliphatic heterocycles. The van der Waals surface area contributed by atoms with Gasteiger partial charge in [-0.2, -0.15) is 0 Å². The molecule has 34 heavy (non-hydrogen) atoms. The summed E-state index contributed by atoms with van der Waals surface area (Å²) < 4.78 is 16.9. The molecule has 2 aromatic carbocycles. The number of ether oxygens (including phenoxy) is 3. The van der Waals surface area contributed by atoms with Crippen molar-refractivity contribution in [2.24, 2.45) is 5.92 Å². The van der Waals surface area contributed by atoms with E-state index >= 15 is 0 Å². The Labute approximate surface area is 204 Å². The number of anilines is 1. The van der Waals surface area contributed by atoms with Crippen LogP contribution in [0.25, 0.3) is 10.9 Å². The van der Waals surface area contributed by atoms with Crippen molar-refractivity contribution in [1.29, 1.82) is 0 Å². The van der Waals surface area contributed by atoms with Gasteiger partial charge in [0.25, 0.3) is 0 Å². The van der Waals surface area contributed by atoms with Gasteiger partial charge in [-0.05, 0) is 42.7 Å². The summed E-state index contributed by atoms with van der Waals surface area (Å²) in [5.74, 6) is 2.93. The van der Waals surface area contributed by atoms with E-state index in [1.165, 1.54) is 32.1 Å². The molecule has 180 valence electrons. The van der Waals surface area contributed by atoms with Crippen LogP contribution in [-0.4, -0.2) is 31.8 Å². The van der Waals surface area contributed by atoms with Crippen molar-refractivity contribution < 1.29 is 19.0 Å². The number of fused-ring (bicyclic) bond motifs is 1. The molecule has 1 aromatic heterocycles. The van der Waals surface area contributed by atoms with Gasteiger partial charge >= 0.3 is 6.03 Å². The van der Waals surface area contributed by atoms with E-state index in [9.17, 15) is 4.79 Å². The van der Waals surface area contributed by atoms with Crippen LogP contribution < -0.4 is 24.8 Å². The Kier molecular flexibility index (Phi) is 7.95. The standard InChI is InChI=1S/C26H30ClN3O4/c1-32-24-15-19-21(16-25(24)33-2)28-13-11-22(19)34-23-9-8-18(14-20(23)27)30-26(31)29-12-10-17-6-4-3-5-7-17/h8-9,11,13-17H,3-7,10,12H2,1-2H3,(H2,29,30,31). The highest BCUT2D eigenvalue weighted by molar-refractivity contribution is 6.32. The van der Waals surface area contributed by atoms with Crippen molar-refractivity contribution in [2.45, 2.75) is 38.5 Å². The Morgan fingerprint density at radius 2 is 1.76 bits per heavy atom. The second-order valence-corrected chi connectivity index (χ2v) is 8.86. The third kappa shape index (κ3) is 5.83. The zero-order chi connectivity index (χ0) is 23.9. The number of hydrogen-bond donors (Lipinski definition) is 2. The van der Waals surface area contributed by atoms with E-state index in [1.807, 2.05) is 6.07 Å². The van der Waals surface area contributed by atoms with Gasteiger partial charge in [0.2, 0.25) is 0 Å². The first-order valence-corrected chi connectivity index (χ1v) is 12.0. The molecule has 0 saturated heterocycles. The molecule has 0 spiro atoms. The van der Waals surface area contributed by atoms with Crippen LogP contribution in [0.15, 0.2) is 42.6 Å². The molecule has 1 fully saturated rings. The van der Waals surface area contributed by atoms with Crippen molar-refractivity contribution in [3.05, 3.63) is 47.6 Å². The van der Waals surface area contributed by atoms with Crippen molar-refractivity contribution in [3.63, 3.8) is 0 Å². The van der Waals surface area contributed by atoms with Gasteiger partial charge in [-0.1, -0.05) is 43.7 Å². The lowest BCUT2D eigenvalue weighted by molar-refractivity contribution is 0.250. The van der Waals surface area contributed by atoms with Gasteiger partial charge in [-0.25, -0.2) is 4.79 Å². The number of halogens is 1. The molecule has 2 amide bonds. The maximum Gasteiger partial charge on any atom is 0.319 e. The molecule has 0 radical (unpaired) electrons. The van der Waals surface area contributed by atoms with Crippen LogP contribution in [0, 0.1) is 5.92 Å². The van der Waals surface area contributed by atoms with E-state index in [0.717, 1.165) is 17.7 Å². The van der Waals surface area contributed by atoms with Crippen LogP contribution >= 0.6 is 11.6 Å². The van der Waals surface area contributed by atoms with Crippen LogP contribution in [0.5, 0.6) is 23.0 Å². The number of carbonyl (C=O) groups is 1. The smallest absolute Gasteiger partial charge is 0.319 e. The van der Waals surface area contributed by atoms with Crippen molar-refractivity contribution in [3.8, 4) is 23.0 Å². The summed E-state index contributed by atoms with van der Waals surface area (Å²) >= 11 is 6.47. The van der Waals surface area contributed by atoms with E-state index in [4.69, 9.17) is 25.8 Å². The molecule has 8 heteroatoms. The lowest BCUT2D eigenvalue weighted by atomic mass is 9.87. The van der Waals surface area contributed by atoms with Gasteiger partial charge in [0.15, 0.2) is 11.5 Å². The number of methoxy groups -OCH3 is 2. The Balaban J connectivity index is 1.40. The molecular weight excluding hydrogens is 454 g/mol. The Hall–Kier alpha value is -3.19. The summed E-state index contributed by atoms with van der Waals surface area (Å²) in [5, 5.41) is 6.92. The SMILES string of the molecule is COc1cc2nccc(Oc3ccc(NC(=O)NCCC4CCCCC4)cc3Cl)c2cc1OC. The maximum absolute atomic E-state index is 12.3. The quantitative estimate of drug-likeness (QED) is 0.368. The molecule has 3 aromatic rings. The molecule has 0 atom stereocenters. The van der Waals surface area contributed by atoms with Crippen molar-refractivity contribution in [2.75, 3.05) is 26.1 Å². The zero-order valence-electron chi connectivity index (χ0n) is 19.5. The fourth-order valence-corrected chi connectivity index (χ4v) is 4.58. The molecule has 0 unspecified atom stereocenters. The summed E-state index contributed by atoms with van der Waals surface area (Å²) in [4.78, 5) is 16.7. The van der Waals surface area contributed by atoms with E-state index in [0.29, 0.717) is 45.8 Å². The fourth-order valence-electron chi connectivity index (χ4n) is 4.36. The predicted molar refractivity (Wildman–Crippen MR) is 135 cm³/mol. The van der Waals surface area contributed by atoms with Gasteiger partial charge in [-0.3, -0.25) is 4.98 Å². The number of hydrogen-bond acceptors (Lipinski definition) is 5. The Morgan fingerprint density at radius 3 is 2.50 bits per heavy atom. The number of nitrogens with one attached hydrogen (secondary N) is 2. The third-order valence-corrected chi connectivity index (χ3v) is 6.47. The predicted octanol–water partition coefficient (Wildman–Crippen LogP) is 6.79. The highest BCUT2D eigenvalue weighted by Gasteiger charge is 2.15. The highest BCUT2D eigenvalue weighted by Crippen LogP contribution is 2.38. The summed E-state index contributed by atoms with van der Waals surface area (Å²) in [7, 11) is 3.16. The topological polar surface area (TPSA) is 81.7 Å². The molecule has 1 aliphatic carbocycles. The first-order valence-electron chi connectivity index (χ1n) is 11.6. The highest BCUT2D eigenvalue weighted by atomic mass is 35.5. The number of rotatable bonds is 8. The minimum Gasteiger partial charge on any atom is -0.493 e.